The summed E-state index contributed by atoms with van der Waals surface area (Å²) in [5.41, 5.74) is 8.06. The van der Waals surface area contributed by atoms with Crippen molar-refractivity contribution in [3.63, 3.8) is 0 Å². The molecular formula is C21H24N6O2S. The highest BCUT2D eigenvalue weighted by Gasteiger charge is 2.16. The zero-order valence-electron chi connectivity index (χ0n) is 17.1. The van der Waals surface area contributed by atoms with Crippen molar-refractivity contribution >= 4 is 35.0 Å². The number of hydrogen-bond acceptors (Lipinski definition) is 6. The molecule has 1 heterocycles. The number of para-hydroxylation sites is 1. The van der Waals surface area contributed by atoms with Gasteiger partial charge in [0.1, 0.15) is 0 Å². The normalized spacial score (nSPS) is 10.6. The Kier molecular flexibility index (Phi) is 6.73. The molecule has 0 unspecified atom stereocenters. The van der Waals surface area contributed by atoms with Crippen molar-refractivity contribution in [3.8, 4) is 11.4 Å². The summed E-state index contributed by atoms with van der Waals surface area (Å²) >= 11 is 1.29. The maximum absolute atomic E-state index is 12.4. The largest absolute Gasteiger partial charge is 0.378 e. The highest BCUT2D eigenvalue weighted by Crippen LogP contribution is 2.26. The summed E-state index contributed by atoms with van der Waals surface area (Å²) in [6.07, 6.45) is 0. The van der Waals surface area contributed by atoms with E-state index < -0.39 is 5.91 Å². The van der Waals surface area contributed by atoms with Crippen molar-refractivity contribution in [1.29, 1.82) is 0 Å². The standard InChI is InChI=1S/C21H24N6O2S/c1-4-27-20(14-8-7-9-15(12-14)26(2)3)24-25-21(27)30-13-18(28)23-17-11-6-5-10-16(17)19(22)29/h5-12H,4,13H2,1-3H3,(H2,22,29)(H,23,28). The van der Waals surface area contributed by atoms with Crippen LogP contribution >= 0.6 is 11.8 Å². The van der Waals surface area contributed by atoms with E-state index in [0.717, 1.165) is 17.1 Å². The highest BCUT2D eigenvalue weighted by atomic mass is 32.2. The zero-order chi connectivity index (χ0) is 21.7. The summed E-state index contributed by atoms with van der Waals surface area (Å²) in [4.78, 5) is 25.9. The fourth-order valence-electron chi connectivity index (χ4n) is 2.94. The third-order valence-electron chi connectivity index (χ3n) is 4.45. The van der Waals surface area contributed by atoms with Gasteiger partial charge in [0.25, 0.3) is 5.91 Å². The Morgan fingerprint density at radius 1 is 1.13 bits per heavy atom. The van der Waals surface area contributed by atoms with E-state index in [2.05, 4.69) is 21.6 Å². The Morgan fingerprint density at radius 3 is 2.60 bits per heavy atom. The number of hydrogen-bond donors (Lipinski definition) is 2. The van der Waals surface area contributed by atoms with Crippen LogP contribution in [-0.2, 0) is 11.3 Å². The Labute approximate surface area is 179 Å². The minimum atomic E-state index is -0.589. The molecule has 2 amide bonds. The minimum Gasteiger partial charge on any atom is -0.378 e. The first kappa shape index (κ1) is 21.4. The summed E-state index contributed by atoms with van der Waals surface area (Å²) in [6, 6.07) is 14.7. The van der Waals surface area contributed by atoms with Gasteiger partial charge in [-0.3, -0.25) is 9.59 Å². The van der Waals surface area contributed by atoms with Crippen LogP contribution in [0.3, 0.4) is 0 Å². The van der Waals surface area contributed by atoms with Gasteiger partial charge in [0.15, 0.2) is 11.0 Å². The van der Waals surface area contributed by atoms with Crippen molar-refractivity contribution < 1.29 is 9.59 Å². The first-order chi connectivity index (χ1) is 14.4. The lowest BCUT2D eigenvalue weighted by molar-refractivity contribution is -0.113. The fourth-order valence-corrected chi connectivity index (χ4v) is 3.74. The molecule has 0 radical (unpaired) electrons. The number of anilines is 2. The predicted molar refractivity (Wildman–Crippen MR) is 120 cm³/mol. The van der Waals surface area contributed by atoms with Crippen molar-refractivity contribution in [3.05, 3.63) is 54.1 Å². The third kappa shape index (κ3) is 4.80. The molecule has 0 aliphatic heterocycles. The fraction of sp³-hybridized carbons (Fsp3) is 0.238. The van der Waals surface area contributed by atoms with Crippen LogP contribution in [0.4, 0.5) is 11.4 Å². The number of nitrogens with one attached hydrogen (secondary N) is 1. The van der Waals surface area contributed by atoms with Crippen LogP contribution in [0.2, 0.25) is 0 Å². The molecule has 2 aromatic carbocycles. The van der Waals surface area contributed by atoms with E-state index in [0.29, 0.717) is 17.4 Å². The zero-order valence-corrected chi connectivity index (χ0v) is 17.9. The van der Waals surface area contributed by atoms with E-state index >= 15 is 0 Å². The number of nitrogens with zero attached hydrogens (tertiary/aromatic N) is 4. The summed E-state index contributed by atoms with van der Waals surface area (Å²) in [7, 11) is 3.97. The molecular weight excluding hydrogens is 400 g/mol. The number of primary amides is 1. The predicted octanol–water partition coefficient (Wildman–Crippen LogP) is 2.86. The maximum Gasteiger partial charge on any atom is 0.250 e. The Morgan fingerprint density at radius 2 is 1.90 bits per heavy atom. The number of carbonyl (C=O) groups excluding carboxylic acids is 2. The van der Waals surface area contributed by atoms with Gasteiger partial charge in [-0.15, -0.1) is 10.2 Å². The molecule has 0 atom stereocenters. The van der Waals surface area contributed by atoms with Crippen LogP contribution in [0.25, 0.3) is 11.4 Å². The van der Waals surface area contributed by atoms with E-state index in [-0.39, 0.29) is 17.2 Å². The van der Waals surface area contributed by atoms with Crippen LogP contribution in [0, 0.1) is 0 Å². The van der Waals surface area contributed by atoms with Gasteiger partial charge in [0.2, 0.25) is 5.91 Å². The first-order valence-electron chi connectivity index (χ1n) is 9.43. The quantitative estimate of drug-likeness (QED) is 0.539. The van der Waals surface area contributed by atoms with Crippen LogP contribution in [0.15, 0.2) is 53.7 Å². The SMILES string of the molecule is CCn1c(SCC(=O)Nc2ccccc2C(N)=O)nnc1-c1cccc(N(C)C)c1. The Balaban J connectivity index is 1.73. The molecule has 8 nitrogen and oxygen atoms in total. The van der Waals surface area contributed by atoms with Gasteiger partial charge < -0.3 is 20.5 Å². The molecule has 3 rings (SSSR count). The summed E-state index contributed by atoms with van der Waals surface area (Å²) in [5.74, 6) is 0.0377. The number of aromatic nitrogens is 3. The van der Waals surface area contributed by atoms with Gasteiger partial charge in [-0.25, -0.2) is 0 Å². The molecule has 0 saturated carbocycles. The first-order valence-corrected chi connectivity index (χ1v) is 10.4. The Bertz CT molecular complexity index is 1060. The van der Waals surface area contributed by atoms with Crippen LogP contribution < -0.4 is 16.0 Å². The molecule has 0 saturated heterocycles. The highest BCUT2D eigenvalue weighted by molar-refractivity contribution is 7.99. The molecule has 0 spiro atoms. The molecule has 156 valence electrons. The number of thioether (sulfide) groups is 1. The molecule has 0 fully saturated rings. The van der Waals surface area contributed by atoms with Crippen molar-refractivity contribution in [2.24, 2.45) is 5.73 Å². The van der Waals surface area contributed by atoms with Gasteiger partial charge in [-0.05, 0) is 31.2 Å². The summed E-state index contributed by atoms with van der Waals surface area (Å²) in [6.45, 7) is 2.68. The van der Waals surface area contributed by atoms with Crippen LogP contribution in [0.1, 0.15) is 17.3 Å². The smallest absolute Gasteiger partial charge is 0.250 e. The Hall–Kier alpha value is -3.33. The van der Waals surface area contributed by atoms with Gasteiger partial charge in [-0.1, -0.05) is 36.0 Å². The van der Waals surface area contributed by atoms with Crippen molar-refractivity contribution in [2.75, 3.05) is 30.1 Å². The lowest BCUT2D eigenvalue weighted by Gasteiger charge is -2.14. The van der Waals surface area contributed by atoms with E-state index in [9.17, 15) is 9.59 Å². The number of rotatable bonds is 8. The van der Waals surface area contributed by atoms with Crippen molar-refractivity contribution in [1.82, 2.24) is 14.8 Å². The molecule has 0 aliphatic rings. The van der Waals surface area contributed by atoms with Crippen LogP contribution in [0.5, 0.6) is 0 Å². The molecule has 3 N–H and O–H groups in total. The van der Waals surface area contributed by atoms with E-state index in [4.69, 9.17) is 5.73 Å². The second-order valence-electron chi connectivity index (χ2n) is 6.74. The number of carbonyl (C=O) groups is 2. The summed E-state index contributed by atoms with van der Waals surface area (Å²) < 4.78 is 1.98. The number of nitrogens with two attached hydrogens (primary N) is 1. The van der Waals surface area contributed by atoms with Crippen molar-refractivity contribution in [2.45, 2.75) is 18.6 Å². The average Bonchev–Trinajstić information content (AvgIpc) is 3.15. The van der Waals surface area contributed by atoms with Crippen LogP contribution in [-0.4, -0.2) is 46.4 Å². The second-order valence-corrected chi connectivity index (χ2v) is 7.68. The molecule has 0 bridgehead atoms. The van der Waals surface area contributed by atoms with E-state index in [1.54, 1.807) is 24.3 Å². The monoisotopic (exact) mass is 424 g/mol. The van der Waals surface area contributed by atoms with Gasteiger partial charge >= 0.3 is 0 Å². The lowest BCUT2D eigenvalue weighted by atomic mass is 10.1. The summed E-state index contributed by atoms with van der Waals surface area (Å²) in [5, 5.41) is 12.0. The number of benzene rings is 2. The number of amides is 2. The molecule has 30 heavy (non-hydrogen) atoms. The molecule has 0 aliphatic carbocycles. The molecule has 9 heteroatoms. The molecule has 3 aromatic rings. The van der Waals surface area contributed by atoms with Gasteiger partial charge in [0, 0.05) is 31.9 Å². The molecule has 1 aromatic heterocycles. The maximum atomic E-state index is 12.4. The average molecular weight is 425 g/mol. The lowest BCUT2D eigenvalue weighted by Crippen LogP contribution is -2.19. The third-order valence-corrected chi connectivity index (χ3v) is 5.42. The van der Waals surface area contributed by atoms with Gasteiger partial charge in [-0.2, -0.15) is 0 Å². The van der Waals surface area contributed by atoms with E-state index in [1.165, 1.54) is 11.8 Å². The van der Waals surface area contributed by atoms with E-state index in [1.807, 2.05) is 48.7 Å². The second kappa shape index (κ2) is 9.45. The topological polar surface area (TPSA) is 106 Å². The minimum absolute atomic E-state index is 0.128. The van der Waals surface area contributed by atoms with Gasteiger partial charge in [0.05, 0.1) is 17.0 Å².